The molecular weight excluding hydrogens is 197 g/mol. The molecule has 0 heterocycles. The van der Waals surface area contributed by atoms with Gasteiger partial charge in [-0.15, -0.1) is 0 Å². The van der Waals surface area contributed by atoms with Gasteiger partial charge in [-0.3, -0.25) is 0 Å². The van der Waals surface area contributed by atoms with Crippen LogP contribution in [0.15, 0.2) is 12.1 Å². The Labute approximate surface area is 88.7 Å². The molecule has 0 aliphatic heterocycles. The Morgan fingerprint density at radius 3 is 2.73 bits per heavy atom. The van der Waals surface area contributed by atoms with Crippen LogP contribution in [0.4, 0.5) is 4.39 Å². The highest BCUT2D eigenvalue weighted by atomic mass is 19.1. The monoisotopic (exact) mass is 213 g/mol. The summed E-state index contributed by atoms with van der Waals surface area (Å²) in [5.41, 5.74) is 6.02. The van der Waals surface area contributed by atoms with Crippen LogP contribution in [-0.4, -0.2) is 18.8 Å². The Hall–Kier alpha value is -1.13. The summed E-state index contributed by atoms with van der Waals surface area (Å²) in [6, 6.07) is 3.09. The van der Waals surface area contributed by atoms with Crippen LogP contribution < -0.4 is 10.5 Å². The Balaban J connectivity index is 3.09. The summed E-state index contributed by atoms with van der Waals surface area (Å²) in [7, 11) is 1.51. The largest absolute Gasteiger partial charge is 0.497 e. The summed E-state index contributed by atoms with van der Waals surface area (Å²) in [6.45, 7) is 1.95. The number of benzene rings is 1. The molecule has 0 aromatic heterocycles. The molecule has 0 bridgehead atoms. The first-order valence-corrected chi connectivity index (χ1v) is 4.82. The van der Waals surface area contributed by atoms with Crippen molar-refractivity contribution in [2.75, 3.05) is 13.7 Å². The molecule has 0 aliphatic carbocycles. The second kappa shape index (κ2) is 5.09. The second-order valence-electron chi connectivity index (χ2n) is 3.44. The first-order chi connectivity index (χ1) is 7.10. The highest BCUT2D eigenvalue weighted by Gasteiger charge is 2.15. The second-order valence-corrected chi connectivity index (χ2v) is 3.44. The smallest absolute Gasteiger partial charge is 0.132 e. The van der Waals surface area contributed by atoms with E-state index in [1.54, 1.807) is 13.0 Å². The molecule has 1 aromatic rings. The average molecular weight is 213 g/mol. The van der Waals surface area contributed by atoms with Crippen LogP contribution in [0.3, 0.4) is 0 Å². The van der Waals surface area contributed by atoms with E-state index in [2.05, 4.69) is 0 Å². The van der Waals surface area contributed by atoms with E-state index in [-0.39, 0.29) is 5.56 Å². The molecule has 4 heteroatoms. The molecule has 3 nitrogen and oxygen atoms in total. The van der Waals surface area contributed by atoms with Crippen LogP contribution in [0.25, 0.3) is 0 Å². The van der Waals surface area contributed by atoms with Gasteiger partial charge in [0.2, 0.25) is 0 Å². The van der Waals surface area contributed by atoms with Gasteiger partial charge in [-0.05, 0) is 37.6 Å². The van der Waals surface area contributed by atoms with Gasteiger partial charge in [0.15, 0.2) is 0 Å². The van der Waals surface area contributed by atoms with E-state index in [9.17, 15) is 9.50 Å². The van der Waals surface area contributed by atoms with Crippen molar-refractivity contribution in [1.82, 2.24) is 0 Å². The van der Waals surface area contributed by atoms with Crippen molar-refractivity contribution in [2.24, 2.45) is 5.73 Å². The number of rotatable bonds is 4. The van der Waals surface area contributed by atoms with Crippen molar-refractivity contribution in [3.05, 3.63) is 29.1 Å². The molecule has 1 atom stereocenters. The Morgan fingerprint density at radius 2 is 2.20 bits per heavy atom. The van der Waals surface area contributed by atoms with Crippen LogP contribution in [0.1, 0.15) is 23.7 Å². The highest BCUT2D eigenvalue weighted by molar-refractivity contribution is 5.36. The van der Waals surface area contributed by atoms with Gasteiger partial charge in [0.1, 0.15) is 11.6 Å². The summed E-state index contributed by atoms with van der Waals surface area (Å²) in [5.74, 6) is 0.150. The van der Waals surface area contributed by atoms with E-state index in [0.29, 0.717) is 24.3 Å². The first kappa shape index (κ1) is 11.9. The number of ether oxygens (including phenoxy) is 1. The number of methoxy groups -OCH3 is 1. The van der Waals surface area contributed by atoms with Crippen LogP contribution in [-0.2, 0) is 0 Å². The normalized spacial score (nSPS) is 12.6. The van der Waals surface area contributed by atoms with Crippen LogP contribution >= 0.6 is 0 Å². The van der Waals surface area contributed by atoms with Crippen molar-refractivity contribution >= 4 is 0 Å². The summed E-state index contributed by atoms with van der Waals surface area (Å²) < 4.78 is 18.6. The maximum atomic E-state index is 13.6. The lowest BCUT2D eigenvalue weighted by Gasteiger charge is -2.13. The quantitative estimate of drug-likeness (QED) is 0.797. The molecule has 0 saturated carbocycles. The molecule has 0 saturated heterocycles. The minimum atomic E-state index is -0.871. The number of hydrogen-bond acceptors (Lipinski definition) is 3. The predicted octanol–water partition coefficient (Wildman–Crippen LogP) is 1.52. The SMILES string of the molecule is COc1cc(C)c(F)c(C(O)CCN)c1. The number of aryl methyl sites for hydroxylation is 1. The van der Waals surface area contributed by atoms with Crippen molar-refractivity contribution in [1.29, 1.82) is 0 Å². The van der Waals surface area contributed by atoms with Gasteiger partial charge in [0.05, 0.1) is 13.2 Å². The molecule has 0 aliphatic rings. The fourth-order valence-corrected chi connectivity index (χ4v) is 1.44. The molecule has 84 valence electrons. The van der Waals surface area contributed by atoms with Gasteiger partial charge >= 0.3 is 0 Å². The van der Waals surface area contributed by atoms with Gasteiger partial charge in [-0.2, -0.15) is 0 Å². The lowest BCUT2D eigenvalue weighted by Crippen LogP contribution is -2.09. The fourth-order valence-electron chi connectivity index (χ4n) is 1.44. The third-order valence-electron chi connectivity index (χ3n) is 2.29. The highest BCUT2D eigenvalue weighted by Crippen LogP contribution is 2.27. The molecule has 0 spiro atoms. The van der Waals surface area contributed by atoms with Crippen molar-refractivity contribution in [3.8, 4) is 5.75 Å². The Morgan fingerprint density at radius 1 is 1.53 bits per heavy atom. The zero-order valence-electron chi connectivity index (χ0n) is 8.96. The van der Waals surface area contributed by atoms with Crippen LogP contribution in [0.2, 0.25) is 0 Å². The van der Waals surface area contributed by atoms with E-state index in [1.807, 2.05) is 0 Å². The number of nitrogens with two attached hydrogens (primary N) is 1. The first-order valence-electron chi connectivity index (χ1n) is 4.82. The Kier molecular flexibility index (Phi) is 4.05. The molecule has 0 amide bonds. The summed E-state index contributed by atoms with van der Waals surface area (Å²) in [4.78, 5) is 0. The van der Waals surface area contributed by atoms with Gasteiger partial charge < -0.3 is 15.6 Å². The maximum absolute atomic E-state index is 13.6. The molecule has 1 unspecified atom stereocenters. The van der Waals surface area contributed by atoms with Crippen LogP contribution in [0.5, 0.6) is 5.75 Å². The molecule has 3 N–H and O–H groups in total. The van der Waals surface area contributed by atoms with Crippen molar-refractivity contribution in [3.63, 3.8) is 0 Å². The number of hydrogen-bond donors (Lipinski definition) is 2. The molecule has 0 radical (unpaired) electrons. The minimum Gasteiger partial charge on any atom is -0.497 e. The fraction of sp³-hybridized carbons (Fsp3) is 0.455. The zero-order chi connectivity index (χ0) is 11.4. The van der Waals surface area contributed by atoms with Crippen molar-refractivity contribution < 1.29 is 14.2 Å². The topological polar surface area (TPSA) is 55.5 Å². The lowest BCUT2D eigenvalue weighted by atomic mass is 10.0. The minimum absolute atomic E-state index is 0.248. The summed E-state index contributed by atoms with van der Waals surface area (Å²) in [5, 5.41) is 9.67. The van der Waals surface area contributed by atoms with Gasteiger partial charge in [0, 0.05) is 5.56 Å². The van der Waals surface area contributed by atoms with Gasteiger partial charge in [-0.25, -0.2) is 4.39 Å². The molecule has 1 aromatic carbocycles. The number of aliphatic hydroxyl groups excluding tert-OH is 1. The molecule has 0 fully saturated rings. The average Bonchev–Trinajstić information content (AvgIpc) is 2.22. The standard InChI is InChI=1S/C11H16FNO2/c1-7-5-8(15-2)6-9(11(7)12)10(14)3-4-13/h5-6,10,14H,3-4,13H2,1-2H3. The Bertz CT molecular complexity index is 342. The van der Waals surface area contributed by atoms with E-state index in [1.165, 1.54) is 13.2 Å². The molecular formula is C11H16FNO2. The molecule has 1 rings (SSSR count). The summed E-state index contributed by atoms with van der Waals surface area (Å²) >= 11 is 0. The van der Waals surface area contributed by atoms with E-state index >= 15 is 0 Å². The van der Waals surface area contributed by atoms with Crippen molar-refractivity contribution in [2.45, 2.75) is 19.4 Å². The third-order valence-corrected chi connectivity index (χ3v) is 2.29. The number of halogens is 1. The van der Waals surface area contributed by atoms with Crippen LogP contribution in [0, 0.1) is 12.7 Å². The number of aliphatic hydroxyl groups is 1. The summed E-state index contributed by atoms with van der Waals surface area (Å²) in [6.07, 6.45) is -0.535. The van der Waals surface area contributed by atoms with E-state index < -0.39 is 11.9 Å². The van der Waals surface area contributed by atoms with Gasteiger partial charge in [-0.1, -0.05) is 0 Å². The predicted molar refractivity (Wildman–Crippen MR) is 56.3 cm³/mol. The molecule has 15 heavy (non-hydrogen) atoms. The maximum Gasteiger partial charge on any atom is 0.132 e. The van der Waals surface area contributed by atoms with Gasteiger partial charge in [0.25, 0.3) is 0 Å². The van der Waals surface area contributed by atoms with E-state index in [0.717, 1.165) is 0 Å². The zero-order valence-corrected chi connectivity index (χ0v) is 8.96. The third kappa shape index (κ3) is 2.67. The lowest BCUT2D eigenvalue weighted by molar-refractivity contribution is 0.165. The van der Waals surface area contributed by atoms with E-state index in [4.69, 9.17) is 10.5 Å².